The van der Waals surface area contributed by atoms with Gasteiger partial charge in [-0.3, -0.25) is 0 Å². The topological polar surface area (TPSA) is 12.0 Å². The van der Waals surface area contributed by atoms with Gasteiger partial charge in [0.15, 0.2) is 0 Å². The summed E-state index contributed by atoms with van der Waals surface area (Å²) in [7, 11) is 1.95. The van der Waals surface area contributed by atoms with E-state index in [0.29, 0.717) is 0 Å². The minimum Gasteiger partial charge on any atom is -0.309 e. The Labute approximate surface area is 129 Å². The summed E-state index contributed by atoms with van der Waals surface area (Å²) in [4.78, 5) is 0. The lowest BCUT2D eigenvalue weighted by Crippen LogP contribution is -2.17. The quantitative estimate of drug-likeness (QED) is 0.763. The Bertz CT molecular complexity index is 520. The molecule has 0 aliphatic heterocycles. The summed E-state index contributed by atoms with van der Waals surface area (Å²) in [6, 6.07) is 14.3. The van der Waals surface area contributed by atoms with Gasteiger partial charge in [0.2, 0.25) is 0 Å². The Morgan fingerprint density at radius 3 is 2.00 bits per heavy atom. The van der Waals surface area contributed by atoms with Crippen LogP contribution in [0.5, 0.6) is 0 Å². The maximum absolute atomic E-state index is 5.92. The van der Waals surface area contributed by atoms with E-state index in [2.05, 4.69) is 49.3 Å². The van der Waals surface area contributed by atoms with Crippen LogP contribution in [0.2, 0.25) is 5.02 Å². The molecule has 4 heteroatoms. The first-order valence-corrected chi connectivity index (χ1v) is 7.45. The highest BCUT2D eigenvalue weighted by Crippen LogP contribution is 2.28. The molecule has 18 heavy (non-hydrogen) atoms. The van der Waals surface area contributed by atoms with Crippen molar-refractivity contribution in [1.29, 1.82) is 0 Å². The molecule has 0 aliphatic carbocycles. The molecule has 1 N–H and O–H groups in total. The Morgan fingerprint density at radius 1 is 0.944 bits per heavy atom. The Morgan fingerprint density at radius 2 is 1.50 bits per heavy atom. The first-order chi connectivity index (χ1) is 8.60. The van der Waals surface area contributed by atoms with Gasteiger partial charge in [-0.25, -0.2) is 0 Å². The molecule has 0 radical (unpaired) electrons. The molecule has 2 rings (SSSR count). The lowest BCUT2D eigenvalue weighted by atomic mass is 9.99. The highest BCUT2D eigenvalue weighted by molar-refractivity contribution is 9.11. The van der Waals surface area contributed by atoms with Crippen LogP contribution in [0.1, 0.15) is 17.2 Å². The molecule has 0 aliphatic rings. The summed E-state index contributed by atoms with van der Waals surface area (Å²) in [5, 5.41) is 4.08. The smallest absolute Gasteiger partial charge is 0.0575 e. The van der Waals surface area contributed by atoms with Crippen molar-refractivity contribution in [3.05, 3.63) is 67.6 Å². The molecule has 0 spiro atoms. The van der Waals surface area contributed by atoms with Crippen molar-refractivity contribution in [2.24, 2.45) is 0 Å². The standard InChI is InChI=1S/C14H12Br2ClN/c1-18-14(9-2-4-13(17)5-3-9)10-6-11(15)8-12(16)7-10/h2-8,14,18H,1H3. The maximum Gasteiger partial charge on any atom is 0.0575 e. The molecular weight excluding hydrogens is 377 g/mol. The lowest BCUT2D eigenvalue weighted by Gasteiger charge is -2.18. The largest absolute Gasteiger partial charge is 0.309 e. The Balaban J connectivity index is 2.41. The summed E-state index contributed by atoms with van der Waals surface area (Å²) < 4.78 is 2.11. The second-order valence-corrected chi connectivity index (χ2v) is 6.24. The number of hydrogen-bond acceptors (Lipinski definition) is 1. The molecule has 1 atom stereocenters. The molecule has 1 unspecified atom stereocenters. The van der Waals surface area contributed by atoms with Crippen molar-refractivity contribution in [3.63, 3.8) is 0 Å². The van der Waals surface area contributed by atoms with Gasteiger partial charge in [0.05, 0.1) is 6.04 Å². The predicted octanol–water partition coefficient (Wildman–Crippen LogP) is 5.17. The maximum atomic E-state index is 5.92. The second-order valence-electron chi connectivity index (χ2n) is 3.98. The van der Waals surface area contributed by atoms with Gasteiger partial charge >= 0.3 is 0 Å². The molecule has 0 saturated heterocycles. The van der Waals surface area contributed by atoms with Crippen molar-refractivity contribution in [2.75, 3.05) is 7.05 Å². The van der Waals surface area contributed by atoms with E-state index in [-0.39, 0.29) is 6.04 Å². The summed E-state index contributed by atoms with van der Waals surface area (Å²) in [5.74, 6) is 0. The number of nitrogens with one attached hydrogen (secondary N) is 1. The van der Waals surface area contributed by atoms with Crippen LogP contribution in [-0.4, -0.2) is 7.05 Å². The number of benzene rings is 2. The van der Waals surface area contributed by atoms with Crippen LogP contribution >= 0.6 is 43.5 Å². The van der Waals surface area contributed by atoms with E-state index in [1.54, 1.807) is 0 Å². The van der Waals surface area contributed by atoms with Gasteiger partial charge in [-0.1, -0.05) is 55.6 Å². The zero-order valence-corrected chi connectivity index (χ0v) is 13.7. The lowest BCUT2D eigenvalue weighted by molar-refractivity contribution is 0.691. The molecule has 0 saturated carbocycles. The van der Waals surface area contributed by atoms with Crippen molar-refractivity contribution in [2.45, 2.75) is 6.04 Å². The zero-order chi connectivity index (χ0) is 13.1. The van der Waals surface area contributed by atoms with Gasteiger partial charge in [-0.15, -0.1) is 0 Å². The Kier molecular flexibility index (Phi) is 4.84. The molecule has 0 aromatic heterocycles. The summed E-state index contributed by atoms with van der Waals surface area (Å²) in [6.45, 7) is 0. The summed E-state index contributed by atoms with van der Waals surface area (Å²) in [6.07, 6.45) is 0. The molecule has 2 aromatic rings. The fourth-order valence-corrected chi connectivity index (χ4v) is 3.38. The van der Waals surface area contributed by atoms with Crippen LogP contribution < -0.4 is 5.32 Å². The number of hydrogen-bond donors (Lipinski definition) is 1. The minimum atomic E-state index is 0.149. The molecule has 1 nitrogen and oxygen atoms in total. The zero-order valence-electron chi connectivity index (χ0n) is 9.75. The van der Waals surface area contributed by atoms with E-state index < -0.39 is 0 Å². The number of rotatable bonds is 3. The summed E-state index contributed by atoms with van der Waals surface area (Å²) >= 11 is 13.0. The third-order valence-electron chi connectivity index (χ3n) is 2.71. The SMILES string of the molecule is CNC(c1ccc(Cl)cc1)c1cc(Br)cc(Br)c1. The fourth-order valence-electron chi connectivity index (χ4n) is 1.92. The van der Waals surface area contributed by atoms with Crippen LogP contribution in [0.15, 0.2) is 51.4 Å². The van der Waals surface area contributed by atoms with Gasteiger partial charge in [0, 0.05) is 14.0 Å². The summed E-state index contributed by atoms with van der Waals surface area (Å²) in [5.41, 5.74) is 2.38. The third-order valence-corrected chi connectivity index (χ3v) is 3.88. The van der Waals surface area contributed by atoms with Crippen LogP contribution in [-0.2, 0) is 0 Å². The second kappa shape index (κ2) is 6.20. The molecule has 2 aromatic carbocycles. The predicted molar refractivity (Wildman–Crippen MR) is 84.2 cm³/mol. The van der Waals surface area contributed by atoms with Crippen LogP contribution in [0.4, 0.5) is 0 Å². The highest BCUT2D eigenvalue weighted by Gasteiger charge is 2.12. The third kappa shape index (κ3) is 3.35. The first kappa shape index (κ1) is 14.1. The average molecular weight is 390 g/mol. The average Bonchev–Trinajstić information content (AvgIpc) is 2.31. The van der Waals surface area contributed by atoms with Crippen LogP contribution in [0.3, 0.4) is 0 Å². The molecule has 94 valence electrons. The van der Waals surface area contributed by atoms with Crippen molar-refractivity contribution in [3.8, 4) is 0 Å². The van der Waals surface area contributed by atoms with Crippen molar-refractivity contribution in [1.82, 2.24) is 5.32 Å². The van der Waals surface area contributed by atoms with Gasteiger partial charge in [-0.2, -0.15) is 0 Å². The van der Waals surface area contributed by atoms with Crippen molar-refractivity contribution < 1.29 is 0 Å². The van der Waals surface area contributed by atoms with Crippen LogP contribution in [0.25, 0.3) is 0 Å². The number of halogens is 3. The van der Waals surface area contributed by atoms with Crippen molar-refractivity contribution >= 4 is 43.5 Å². The van der Waals surface area contributed by atoms with E-state index in [1.165, 1.54) is 11.1 Å². The Hall–Kier alpha value is -0.350. The minimum absolute atomic E-state index is 0.149. The monoisotopic (exact) mass is 387 g/mol. The van der Waals surface area contributed by atoms with Crippen LogP contribution in [0, 0.1) is 0 Å². The van der Waals surface area contributed by atoms with E-state index in [4.69, 9.17) is 11.6 Å². The van der Waals surface area contributed by atoms with Gasteiger partial charge < -0.3 is 5.32 Å². The normalized spacial score (nSPS) is 12.4. The molecule has 0 amide bonds. The molecular formula is C14H12Br2ClN. The fraction of sp³-hybridized carbons (Fsp3) is 0.143. The molecule has 0 heterocycles. The van der Waals surface area contributed by atoms with E-state index in [0.717, 1.165) is 14.0 Å². The van der Waals surface area contributed by atoms with E-state index in [9.17, 15) is 0 Å². The highest BCUT2D eigenvalue weighted by atomic mass is 79.9. The van der Waals surface area contributed by atoms with Gasteiger partial charge in [0.25, 0.3) is 0 Å². The van der Waals surface area contributed by atoms with Gasteiger partial charge in [0.1, 0.15) is 0 Å². The molecule has 0 fully saturated rings. The van der Waals surface area contributed by atoms with E-state index in [1.807, 2.05) is 37.4 Å². The first-order valence-electron chi connectivity index (χ1n) is 5.49. The van der Waals surface area contributed by atoms with Gasteiger partial charge in [-0.05, 0) is 48.5 Å². The van der Waals surface area contributed by atoms with E-state index >= 15 is 0 Å². The molecule has 0 bridgehead atoms.